The fourth-order valence-corrected chi connectivity index (χ4v) is 1.48. The highest BCUT2D eigenvalue weighted by molar-refractivity contribution is 6.29. The SMILES string of the molecule is COC(OC)C(C)NC(=O)c1ccc(Cl)nc1. The molecular formula is C11H15ClN2O3. The van der Waals surface area contributed by atoms with E-state index < -0.39 is 6.29 Å². The van der Waals surface area contributed by atoms with Crippen LogP contribution in [0.3, 0.4) is 0 Å². The van der Waals surface area contributed by atoms with Gasteiger partial charge in [-0.1, -0.05) is 11.6 Å². The van der Waals surface area contributed by atoms with Gasteiger partial charge in [0.1, 0.15) is 5.15 Å². The van der Waals surface area contributed by atoms with Crippen LogP contribution in [0.1, 0.15) is 17.3 Å². The van der Waals surface area contributed by atoms with Gasteiger partial charge in [-0.25, -0.2) is 4.98 Å². The van der Waals surface area contributed by atoms with Gasteiger partial charge in [0.05, 0.1) is 11.6 Å². The zero-order valence-corrected chi connectivity index (χ0v) is 10.7. The van der Waals surface area contributed by atoms with Crippen molar-refractivity contribution in [3.05, 3.63) is 29.0 Å². The summed E-state index contributed by atoms with van der Waals surface area (Å²) < 4.78 is 10.1. The van der Waals surface area contributed by atoms with E-state index in [0.717, 1.165) is 0 Å². The quantitative estimate of drug-likeness (QED) is 0.642. The predicted molar refractivity (Wildman–Crippen MR) is 64.0 cm³/mol. The second kappa shape index (κ2) is 6.54. The van der Waals surface area contributed by atoms with Crippen LogP contribution in [0.4, 0.5) is 0 Å². The van der Waals surface area contributed by atoms with Gasteiger partial charge in [-0.3, -0.25) is 4.79 Å². The summed E-state index contributed by atoms with van der Waals surface area (Å²) in [5.74, 6) is -0.249. The van der Waals surface area contributed by atoms with Crippen molar-refractivity contribution in [2.24, 2.45) is 0 Å². The summed E-state index contributed by atoms with van der Waals surface area (Å²) in [4.78, 5) is 15.6. The number of carbonyl (C=O) groups is 1. The molecule has 0 aliphatic rings. The summed E-state index contributed by atoms with van der Waals surface area (Å²) in [6, 6.07) is 2.89. The number of ether oxygens (including phenoxy) is 2. The molecule has 5 nitrogen and oxygen atoms in total. The van der Waals surface area contributed by atoms with Gasteiger partial charge in [-0.05, 0) is 19.1 Å². The van der Waals surface area contributed by atoms with E-state index >= 15 is 0 Å². The Morgan fingerprint density at radius 2 is 2.06 bits per heavy atom. The maximum atomic E-state index is 11.8. The van der Waals surface area contributed by atoms with E-state index in [1.165, 1.54) is 20.4 Å². The highest BCUT2D eigenvalue weighted by Crippen LogP contribution is 2.06. The summed E-state index contributed by atoms with van der Waals surface area (Å²) in [7, 11) is 3.03. The van der Waals surface area contributed by atoms with E-state index in [9.17, 15) is 4.79 Å². The second-order valence-corrected chi connectivity index (χ2v) is 3.86. The van der Waals surface area contributed by atoms with Crippen LogP contribution in [-0.2, 0) is 9.47 Å². The minimum Gasteiger partial charge on any atom is -0.354 e. The van der Waals surface area contributed by atoms with Crippen molar-refractivity contribution in [2.45, 2.75) is 19.3 Å². The summed E-state index contributed by atoms with van der Waals surface area (Å²) >= 11 is 5.63. The summed E-state index contributed by atoms with van der Waals surface area (Å²) in [5, 5.41) is 3.09. The Hall–Kier alpha value is -1.17. The summed E-state index contributed by atoms with van der Waals surface area (Å²) in [5.41, 5.74) is 0.437. The molecule has 1 atom stereocenters. The number of methoxy groups -OCH3 is 2. The normalized spacial score (nSPS) is 12.5. The van der Waals surface area contributed by atoms with E-state index in [0.29, 0.717) is 10.7 Å². The van der Waals surface area contributed by atoms with Crippen LogP contribution in [0.2, 0.25) is 5.15 Å². The minimum absolute atomic E-state index is 0.249. The van der Waals surface area contributed by atoms with E-state index in [1.807, 2.05) is 0 Å². The molecule has 6 heteroatoms. The molecule has 1 aromatic rings. The van der Waals surface area contributed by atoms with Crippen LogP contribution in [0.5, 0.6) is 0 Å². The predicted octanol–water partition coefficient (Wildman–Crippen LogP) is 1.47. The third-order valence-electron chi connectivity index (χ3n) is 2.22. The molecule has 0 spiro atoms. The van der Waals surface area contributed by atoms with E-state index in [4.69, 9.17) is 21.1 Å². The number of aromatic nitrogens is 1. The van der Waals surface area contributed by atoms with Crippen molar-refractivity contribution in [1.29, 1.82) is 0 Å². The lowest BCUT2D eigenvalue weighted by Gasteiger charge is -2.21. The number of rotatable bonds is 5. The number of carbonyl (C=O) groups excluding carboxylic acids is 1. The third-order valence-corrected chi connectivity index (χ3v) is 2.44. The highest BCUT2D eigenvalue weighted by atomic mass is 35.5. The Kier molecular flexibility index (Phi) is 5.34. The molecule has 0 bridgehead atoms. The molecule has 0 aliphatic heterocycles. The lowest BCUT2D eigenvalue weighted by Crippen LogP contribution is -2.42. The first kappa shape index (κ1) is 13.9. The molecule has 1 unspecified atom stereocenters. The molecule has 17 heavy (non-hydrogen) atoms. The molecule has 1 rings (SSSR count). The Morgan fingerprint density at radius 1 is 1.41 bits per heavy atom. The zero-order chi connectivity index (χ0) is 12.8. The van der Waals surface area contributed by atoms with Crippen molar-refractivity contribution < 1.29 is 14.3 Å². The molecule has 0 saturated heterocycles. The Labute approximate surface area is 105 Å². The van der Waals surface area contributed by atoms with Gasteiger partial charge in [0, 0.05) is 20.4 Å². The maximum Gasteiger partial charge on any atom is 0.253 e. The third kappa shape index (κ3) is 3.96. The second-order valence-electron chi connectivity index (χ2n) is 3.47. The van der Waals surface area contributed by atoms with Crippen LogP contribution < -0.4 is 5.32 Å². The lowest BCUT2D eigenvalue weighted by atomic mass is 10.2. The number of nitrogens with zero attached hydrogens (tertiary/aromatic N) is 1. The summed E-state index contributed by atoms with van der Waals surface area (Å²) in [6.45, 7) is 1.79. The van der Waals surface area contributed by atoms with E-state index in [2.05, 4.69) is 10.3 Å². The molecule has 1 amide bonds. The first-order chi connectivity index (χ1) is 8.08. The smallest absolute Gasteiger partial charge is 0.253 e. The van der Waals surface area contributed by atoms with Crippen LogP contribution in [0.25, 0.3) is 0 Å². The molecule has 1 N–H and O–H groups in total. The topological polar surface area (TPSA) is 60.5 Å². The number of hydrogen-bond donors (Lipinski definition) is 1. The fourth-order valence-electron chi connectivity index (χ4n) is 1.37. The Balaban J connectivity index is 2.62. The zero-order valence-electron chi connectivity index (χ0n) is 9.94. The van der Waals surface area contributed by atoms with Gasteiger partial charge >= 0.3 is 0 Å². The largest absolute Gasteiger partial charge is 0.354 e. The molecule has 0 aromatic carbocycles. The number of amides is 1. The molecule has 0 saturated carbocycles. The van der Waals surface area contributed by atoms with Crippen molar-refractivity contribution >= 4 is 17.5 Å². The van der Waals surface area contributed by atoms with Crippen LogP contribution in [0.15, 0.2) is 18.3 Å². The van der Waals surface area contributed by atoms with Gasteiger partial charge in [0.15, 0.2) is 6.29 Å². The van der Waals surface area contributed by atoms with Crippen LogP contribution in [0, 0.1) is 0 Å². The molecule has 1 heterocycles. The van der Waals surface area contributed by atoms with Gasteiger partial charge in [-0.2, -0.15) is 0 Å². The molecule has 0 aliphatic carbocycles. The molecule has 94 valence electrons. The molecular weight excluding hydrogens is 244 g/mol. The molecule has 1 aromatic heterocycles. The maximum absolute atomic E-state index is 11.8. The van der Waals surface area contributed by atoms with Crippen molar-refractivity contribution in [3.8, 4) is 0 Å². The molecule has 0 radical (unpaired) electrons. The van der Waals surface area contributed by atoms with Crippen LogP contribution >= 0.6 is 11.6 Å². The number of pyridine rings is 1. The van der Waals surface area contributed by atoms with E-state index in [1.54, 1.807) is 19.1 Å². The average Bonchev–Trinajstić information content (AvgIpc) is 2.31. The Morgan fingerprint density at radius 3 is 2.53 bits per heavy atom. The standard InChI is InChI=1S/C11H15ClN2O3/c1-7(11(16-2)17-3)14-10(15)8-4-5-9(12)13-6-8/h4-7,11H,1-3H3,(H,14,15). The fraction of sp³-hybridized carbons (Fsp3) is 0.455. The van der Waals surface area contributed by atoms with Crippen molar-refractivity contribution in [1.82, 2.24) is 10.3 Å². The van der Waals surface area contributed by atoms with E-state index in [-0.39, 0.29) is 11.9 Å². The Bertz CT molecular complexity index is 365. The van der Waals surface area contributed by atoms with Crippen LogP contribution in [-0.4, -0.2) is 37.4 Å². The lowest BCUT2D eigenvalue weighted by molar-refractivity contribution is -0.117. The number of halogens is 1. The molecule has 0 fully saturated rings. The van der Waals surface area contributed by atoms with Gasteiger partial charge in [-0.15, -0.1) is 0 Å². The van der Waals surface area contributed by atoms with Crippen molar-refractivity contribution in [3.63, 3.8) is 0 Å². The summed E-state index contributed by atoms with van der Waals surface area (Å²) in [6.07, 6.45) is 0.929. The van der Waals surface area contributed by atoms with Crippen molar-refractivity contribution in [2.75, 3.05) is 14.2 Å². The van der Waals surface area contributed by atoms with Gasteiger partial charge in [0.2, 0.25) is 0 Å². The first-order valence-electron chi connectivity index (χ1n) is 5.06. The van der Waals surface area contributed by atoms with Gasteiger partial charge in [0.25, 0.3) is 5.91 Å². The average molecular weight is 259 g/mol. The number of hydrogen-bond acceptors (Lipinski definition) is 4. The first-order valence-corrected chi connectivity index (χ1v) is 5.44. The minimum atomic E-state index is -0.487. The monoisotopic (exact) mass is 258 g/mol. The highest BCUT2D eigenvalue weighted by Gasteiger charge is 2.18. The van der Waals surface area contributed by atoms with Gasteiger partial charge < -0.3 is 14.8 Å². The number of nitrogens with one attached hydrogen (secondary N) is 1.